The molecule has 0 fully saturated rings. The molecular weight excluding hydrogens is 266 g/mol. The first kappa shape index (κ1) is 14.6. The molecule has 0 unspecified atom stereocenters. The summed E-state index contributed by atoms with van der Waals surface area (Å²) in [7, 11) is 0. The van der Waals surface area contributed by atoms with Crippen molar-refractivity contribution in [3.8, 4) is 11.8 Å². The lowest BCUT2D eigenvalue weighted by Gasteiger charge is -2.03. The highest BCUT2D eigenvalue weighted by Crippen LogP contribution is 2.20. The number of benzene rings is 1. The molecule has 2 rings (SSSR count). The van der Waals surface area contributed by atoms with Gasteiger partial charge in [0.1, 0.15) is 0 Å². The minimum absolute atomic E-state index is 0.391. The predicted octanol–water partition coefficient (Wildman–Crippen LogP) is 2.70. The molecule has 2 N–H and O–H groups in total. The Hall–Kier alpha value is -1.83. The van der Waals surface area contributed by atoms with Crippen LogP contribution in [0.15, 0.2) is 35.5 Å². The summed E-state index contributed by atoms with van der Waals surface area (Å²) in [6.07, 6.45) is 0. The fourth-order valence-electron chi connectivity index (χ4n) is 1.74. The normalized spacial score (nSPS) is 9.95. The maximum atomic E-state index is 5.35. The number of aryl methyl sites for hydroxylation is 2. The van der Waals surface area contributed by atoms with E-state index < -0.39 is 0 Å². The van der Waals surface area contributed by atoms with Gasteiger partial charge >= 0.3 is 0 Å². The largest absolute Gasteiger partial charge is 0.320 e. The highest BCUT2D eigenvalue weighted by Gasteiger charge is 2.01. The molecule has 0 amide bonds. The Morgan fingerprint density at radius 3 is 2.35 bits per heavy atom. The number of rotatable bonds is 3. The second kappa shape index (κ2) is 7.09. The summed E-state index contributed by atoms with van der Waals surface area (Å²) < 4.78 is 0. The number of hydrogen-bond acceptors (Lipinski definition) is 4. The van der Waals surface area contributed by atoms with Crippen molar-refractivity contribution in [3.63, 3.8) is 0 Å². The van der Waals surface area contributed by atoms with Gasteiger partial charge in [-0.2, -0.15) is 0 Å². The van der Waals surface area contributed by atoms with Gasteiger partial charge in [-0.1, -0.05) is 35.7 Å². The van der Waals surface area contributed by atoms with E-state index in [4.69, 9.17) is 5.73 Å². The van der Waals surface area contributed by atoms with Crippen LogP contribution in [-0.4, -0.2) is 16.5 Å². The van der Waals surface area contributed by atoms with Crippen LogP contribution < -0.4 is 5.73 Å². The number of hydrogen-bond donors (Lipinski definition) is 1. The average Bonchev–Trinajstić information content (AvgIpc) is 2.43. The first-order valence-electron chi connectivity index (χ1n) is 6.40. The molecule has 0 saturated heterocycles. The summed E-state index contributed by atoms with van der Waals surface area (Å²) in [5.41, 5.74) is 9.59. The van der Waals surface area contributed by atoms with E-state index in [2.05, 4.69) is 33.9 Å². The molecule has 0 aliphatic carbocycles. The monoisotopic (exact) mass is 283 g/mol. The predicted molar refractivity (Wildman–Crippen MR) is 83.4 cm³/mol. The van der Waals surface area contributed by atoms with Crippen molar-refractivity contribution >= 4 is 11.8 Å². The van der Waals surface area contributed by atoms with Crippen molar-refractivity contribution in [2.75, 3.05) is 6.54 Å². The summed E-state index contributed by atoms with van der Waals surface area (Å²) >= 11 is 1.65. The smallest absolute Gasteiger partial charge is 0.188 e. The zero-order valence-corrected chi connectivity index (χ0v) is 12.5. The van der Waals surface area contributed by atoms with E-state index in [9.17, 15) is 0 Å². The van der Waals surface area contributed by atoms with Crippen LogP contribution in [0, 0.1) is 25.7 Å². The van der Waals surface area contributed by atoms with Crippen LogP contribution in [-0.2, 0) is 5.75 Å². The third kappa shape index (κ3) is 4.37. The molecule has 1 heterocycles. The summed E-state index contributed by atoms with van der Waals surface area (Å²) in [4.78, 5) is 8.85. The SMILES string of the molecule is Cc1cc(C)nc(SCc2ccc(C#CCN)cc2)n1. The zero-order valence-electron chi connectivity index (χ0n) is 11.7. The van der Waals surface area contributed by atoms with E-state index in [1.807, 2.05) is 32.0 Å². The molecule has 0 aliphatic heterocycles. The van der Waals surface area contributed by atoms with Crippen LogP contribution in [0.4, 0.5) is 0 Å². The second-order valence-corrected chi connectivity index (χ2v) is 5.37. The topological polar surface area (TPSA) is 51.8 Å². The van der Waals surface area contributed by atoms with Gasteiger partial charge in [-0.25, -0.2) is 9.97 Å². The third-order valence-corrected chi connectivity index (χ3v) is 3.54. The maximum absolute atomic E-state index is 5.35. The lowest BCUT2D eigenvalue weighted by atomic mass is 10.1. The van der Waals surface area contributed by atoms with Crippen LogP contribution >= 0.6 is 11.8 Å². The van der Waals surface area contributed by atoms with E-state index in [0.29, 0.717) is 6.54 Å². The molecule has 1 aromatic carbocycles. The van der Waals surface area contributed by atoms with Crippen LogP contribution in [0.2, 0.25) is 0 Å². The summed E-state index contributed by atoms with van der Waals surface area (Å²) in [6.45, 7) is 4.37. The Morgan fingerprint density at radius 2 is 1.75 bits per heavy atom. The summed E-state index contributed by atoms with van der Waals surface area (Å²) in [5.74, 6) is 6.72. The molecule has 0 saturated carbocycles. The molecule has 0 spiro atoms. The minimum Gasteiger partial charge on any atom is -0.320 e. The van der Waals surface area contributed by atoms with Crippen molar-refractivity contribution in [1.29, 1.82) is 0 Å². The number of aromatic nitrogens is 2. The first-order chi connectivity index (χ1) is 9.67. The molecule has 0 aliphatic rings. The molecule has 0 radical (unpaired) electrons. The van der Waals surface area contributed by atoms with E-state index in [-0.39, 0.29) is 0 Å². The lowest BCUT2D eigenvalue weighted by molar-refractivity contribution is 0.902. The Bertz CT molecular complexity index is 619. The fourth-order valence-corrected chi connectivity index (χ4v) is 2.65. The molecule has 3 nitrogen and oxygen atoms in total. The average molecular weight is 283 g/mol. The minimum atomic E-state index is 0.391. The van der Waals surface area contributed by atoms with Crippen molar-refractivity contribution in [1.82, 2.24) is 9.97 Å². The number of nitrogens with two attached hydrogens (primary N) is 1. The van der Waals surface area contributed by atoms with Gasteiger partial charge in [0.25, 0.3) is 0 Å². The van der Waals surface area contributed by atoms with Gasteiger partial charge in [0.2, 0.25) is 0 Å². The summed E-state index contributed by atoms with van der Waals surface area (Å²) in [6, 6.07) is 10.2. The quantitative estimate of drug-likeness (QED) is 0.534. The molecule has 1 aromatic heterocycles. The standard InChI is InChI=1S/C16H17N3S/c1-12-10-13(2)19-16(18-12)20-11-15-7-5-14(6-8-15)4-3-9-17/h5-8,10H,9,11,17H2,1-2H3. The Balaban J connectivity index is 2.00. The van der Waals surface area contributed by atoms with E-state index in [1.54, 1.807) is 11.8 Å². The van der Waals surface area contributed by atoms with E-state index >= 15 is 0 Å². The Labute approximate surface area is 124 Å². The van der Waals surface area contributed by atoms with Gasteiger partial charge in [-0.15, -0.1) is 0 Å². The fraction of sp³-hybridized carbons (Fsp3) is 0.250. The van der Waals surface area contributed by atoms with E-state index in [1.165, 1.54) is 5.56 Å². The zero-order chi connectivity index (χ0) is 14.4. The lowest BCUT2D eigenvalue weighted by Crippen LogP contribution is -1.93. The molecular formula is C16H17N3S. The molecule has 0 bridgehead atoms. The first-order valence-corrected chi connectivity index (χ1v) is 7.39. The highest BCUT2D eigenvalue weighted by molar-refractivity contribution is 7.98. The van der Waals surface area contributed by atoms with E-state index in [0.717, 1.165) is 27.9 Å². The maximum Gasteiger partial charge on any atom is 0.188 e. The van der Waals surface area contributed by atoms with Crippen LogP contribution in [0.5, 0.6) is 0 Å². The van der Waals surface area contributed by atoms with Crippen molar-refractivity contribution in [2.45, 2.75) is 24.8 Å². The van der Waals surface area contributed by atoms with Crippen molar-refractivity contribution in [2.24, 2.45) is 5.73 Å². The van der Waals surface area contributed by atoms with Crippen LogP contribution in [0.25, 0.3) is 0 Å². The van der Waals surface area contributed by atoms with Crippen molar-refractivity contribution in [3.05, 3.63) is 52.8 Å². The van der Waals surface area contributed by atoms with Gasteiger partial charge in [-0.3, -0.25) is 0 Å². The highest BCUT2D eigenvalue weighted by atomic mass is 32.2. The number of nitrogens with zero attached hydrogens (tertiary/aromatic N) is 2. The molecule has 20 heavy (non-hydrogen) atoms. The second-order valence-electron chi connectivity index (χ2n) is 4.42. The van der Waals surface area contributed by atoms with Crippen LogP contribution in [0.3, 0.4) is 0 Å². The molecule has 4 heteroatoms. The molecule has 102 valence electrons. The van der Waals surface area contributed by atoms with Gasteiger partial charge in [0.15, 0.2) is 5.16 Å². The van der Waals surface area contributed by atoms with Gasteiger partial charge in [0.05, 0.1) is 6.54 Å². The van der Waals surface area contributed by atoms with Gasteiger partial charge in [0, 0.05) is 22.7 Å². The van der Waals surface area contributed by atoms with Gasteiger partial charge in [-0.05, 0) is 37.6 Å². The molecule has 2 aromatic rings. The van der Waals surface area contributed by atoms with Gasteiger partial charge < -0.3 is 5.73 Å². The Morgan fingerprint density at radius 1 is 1.10 bits per heavy atom. The third-order valence-electron chi connectivity index (χ3n) is 2.62. The Kier molecular flexibility index (Phi) is 5.16. The number of thioether (sulfide) groups is 1. The molecule has 0 atom stereocenters. The van der Waals surface area contributed by atoms with Crippen LogP contribution in [0.1, 0.15) is 22.5 Å². The summed E-state index contributed by atoms with van der Waals surface area (Å²) in [5, 5.41) is 0.828. The van der Waals surface area contributed by atoms with Crippen molar-refractivity contribution < 1.29 is 0 Å².